The molecule has 0 atom stereocenters. The van der Waals surface area contributed by atoms with Gasteiger partial charge in [-0.05, 0) is 140 Å². The summed E-state index contributed by atoms with van der Waals surface area (Å²) in [5.74, 6) is 1.60. The molecule has 0 fully saturated rings. The van der Waals surface area contributed by atoms with Crippen molar-refractivity contribution in [2.75, 3.05) is 0 Å². The van der Waals surface area contributed by atoms with Crippen LogP contribution in [0.1, 0.15) is 63.8 Å². The summed E-state index contributed by atoms with van der Waals surface area (Å²) in [5, 5.41) is 25.8. The summed E-state index contributed by atoms with van der Waals surface area (Å²) in [6, 6.07) is 76.6. The molecular weight excluding hydrogens is 956 g/mol. The zero-order chi connectivity index (χ0) is 52.5. The molecule has 14 rings (SSSR count). The third kappa shape index (κ3) is 7.44. The van der Waals surface area contributed by atoms with Gasteiger partial charge in [-0.25, -0.2) is 0 Å². The Morgan fingerprint density at radius 3 is 1.56 bits per heavy atom. The Labute approximate surface area is 453 Å². The van der Waals surface area contributed by atoms with Crippen molar-refractivity contribution in [1.82, 2.24) is 9.13 Å². The van der Waals surface area contributed by atoms with Crippen LogP contribution in [0.2, 0.25) is 0 Å². The minimum atomic E-state index is -0.134. The van der Waals surface area contributed by atoms with E-state index in [9.17, 15) is 10.5 Å². The van der Waals surface area contributed by atoms with Crippen LogP contribution in [0.25, 0.3) is 88.4 Å². The van der Waals surface area contributed by atoms with Crippen LogP contribution >= 0.6 is 11.8 Å². The summed E-state index contributed by atoms with van der Waals surface area (Å²) in [6.45, 7) is 13.6. The summed E-state index contributed by atoms with van der Waals surface area (Å²) in [4.78, 5) is 2.31. The van der Waals surface area contributed by atoms with Crippen molar-refractivity contribution >= 4 is 78.5 Å². The number of hydrogen-bond acceptors (Lipinski definition) is 4. The molecule has 7 heteroatoms. The molecule has 0 saturated heterocycles. The summed E-state index contributed by atoms with van der Waals surface area (Å²) in [5.41, 5.74) is 19.6. The van der Waals surface area contributed by atoms with Crippen LogP contribution in [-0.4, -0.2) is 15.8 Å². The summed E-state index contributed by atoms with van der Waals surface area (Å²) in [7, 11) is 0. The van der Waals surface area contributed by atoms with E-state index in [1.807, 2.05) is 18.2 Å². The van der Waals surface area contributed by atoms with Gasteiger partial charge in [-0.1, -0.05) is 174 Å². The topological polar surface area (TPSA) is 66.7 Å². The van der Waals surface area contributed by atoms with Crippen LogP contribution < -0.4 is 21.1 Å². The van der Waals surface area contributed by atoms with Crippen molar-refractivity contribution in [3.8, 4) is 68.4 Å². The van der Waals surface area contributed by atoms with E-state index < -0.39 is 0 Å². The molecule has 366 valence electrons. The molecule has 0 bridgehead atoms. The van der Waals surface area contributed by atoms with Gasteiger partial charge in [0.2, 0.25) is 0 Å². The van der Waals surface area contributed by atoms with Gasteiger partial charge in [0, 0.05) is 48.2 Å². The second-order valence-electron chi connectivity index (χ2n) is 22.8. The van der Waals surface area contributed by atoms with Gasteiger partial charge in [0.05, 0.1) is 51.0 Å². The molecule has 5 nitrogen and oxygen atoms in total. The lowest BCUT2D eigenvalue weighted by atomic mass is 9.35. The standard InChI is InChI=1S/C70H51BN4OS/c1-69(2,3)48-32-46(33-49(38-48)70(4,5)6)47-35-65-68-67(37-47)77-66-36-44(56-31-42(40-72)23-30-63(56)75-61-21-13-9-17-53(61)54-18-10-14-22-62(54)75)26-29-58(66)71(68)57-28-25-43(34-64(57)76-65)55-39-50(27-24-45(55)41-73)74-59-19-11-7-15-51(59)52-16-8-12-20-60(52)74/h7-39H,1-6H3. The minimum absolute atomic E-state index is 0.0679. The molecule has 4 heterocycles. The van der Waals surface area contributed by atoms with Gasteiger partial charge in [0.1, 0.15) is 11.5 Å². The second kappa shape index (κ2) is 17.3. The molecule has 0 saturated carbocycles. The van der Waals surface area contributed by atoms with E-state index in [4.69, 9.17) is 4.74 Å². The number of nitriles is 2. The molecule has 0 aliphatic carbocycles. The van der Waals surface area contributed by atoms with Crippen molar-refractivity contribution in [2.24, 2.45) is 0 Å². The molecule has 0 spiro atoms. The highest BCUT2D eigenvalue weighted by Crippen LogP contribution is 2.45. The lowest BCUT2D eigenvalue weighted by Crippen LogP contribution is -2.57. The monoisotopic (exact) mass is 1010 g/mol. The fourth-order valence-corrected chi connectivity index (χ4v) is 13.3. The van der Waals surface area contributed by atoms with Gasteiger partial charge in [-0.3, -0.25) is 0 Å². The smallest absolute Gasteiger partial charge is 0.253 e. The van der Waals surface area contributed by atoms with Crippen LogP contribution in [0.3, 0.4) is 0 Å². The molecule has 2 aliphatic rings. The van der Waals surface area contributed by atoms with E-state index in [0.717, 1.165) is 99.0 Å². The summed E-state index contributed by atoms with van der Waals surface area (Å²) < 4.78 is 11.9. The normalized spacial score (nSPS) is 12.8. The number of rotatable bonds is 5. The third-order valence-corrected chi connectivity index (χ3v) is 17.1. The average molecular weight is 1010 g/mol. The Morgan fingerprint density at radius 1 is 0.442 bits per heavy atom. The number of fused-ring (bicyclic) bond motifs is 10. The first-order valence-electron chi connectivity index (χ1n) is 26.4. The SMILES string of the molecule is CC(C)(C)c1cc(-c2cc3c4c(c2)Sc2cc(-c5cc(C#N)ccc5-n5c6ccccc6c6ccccc65)ccc2B4c2ccc(-c4cc(-n5c6ccccc6c6ccccc65)ccc4C#N)cc2O3)cc(C(C)(C)C)c1. The Morgan fingerprint density at radius 2 is 0.974 bits per heavy atom. The van der Waals surface area contributed by atoms with Gasteiger partial charge < -0.3 is 13.9 Å². The molecule has 2 aliphatic heterocycles. The number of para-hydroxylation sites is 4. The van der Waals surface area contributed by atoms with Gasteiger partial charge in [0.15, 0.2) is 0 Å². The molecule has 0 radical (unpaired) electrons. The lowest BCUT2D eigenvalue weighted by molar-refractivity contribution is 0.486. The van der Waals surface area contributed by atoms with Gasteiger partial charge in [0.25, 0.3) is 6.71 Å². The van der Waals surface area contributed by atoms with Crippen molar-refractivity contribution in [1.29, 1.82) is 10.5 Å². The molecule has 0 N–H and O–H groups in total. The van der Waals surface area contributed by atoms with Gasteiger partial charge >= 0.3 is 0 Å². The maximum atomic E-state index is 10.7. The Kier molecular flexibility index (Phi) is 10.4. The number of hydrogen-bond donors (Lipinski definition) is 0. The first-order chi connectivity index (χ1) is 37.3. The average Bonchev–Trinajstić information content (AvgIpc) is 4.10. The van der Waals surface area contributed by atoms with E-state index in [1.54, 1.807) is 11.8 Å². The van der Waals surface area contributed by atoms with E-state index in [-0.39, 0.29) is 17.5 Å². The Balaban J connectivity index is 0.962. The van der Waals surface area contributed by atoms with Crippen molar-refractivity contribution in [3.05, 3.63) is 222 Å². The van der Waals surface area contributed by atoms with Crippen LogP contribution in [0.15, 0.2) is 210 Å². The number of nitrogens with zero attached hydrogens (tertiary/aromatic N) is 4. The highest BCUT2D eigenvalue weighted by Gasteiger charge is 2.40. The van der Waals surface area contributed by atoms with Crippen molar-refractivity contribution < 1.29 is 4.74 Å². The summed E-state index contributed by atoms with van der Waals surface area (Å²) >= 11 is 1.80. The van der Waals surface area contributed by atoms with Crippen molar-refractivity contribution in [2.45, 2.75) is 62.2 Å². The van der Waals surface area contributed by atoms with Crippen LogP contribution in [0.4, 0.5) is 0 Å². The van der Waals surface area contributed by atoms with Crippen LogP contribution in [0.5, 0.6) is 11.5 Å². The molecule has 77 heavy (non-hydrogen) atoms. The van der Waals surface area contributed by atoms with E-state index in [2.05, 4.69) is 245 Å². The predicted octanol–water partition coefficient (Wildman–Crippen LogP) is 16.3. The molecule has 12 aromatic rings. The molecule has 2 aromatic heterocycles. The van der Waals surface area contributed by atoms with Gasteiger partial charge in [-0.15, -0.1) is 0 Å². The quantitative estimate of drug-likeness (QED) is 0.161. The van der Waals surface area contributed by atoms with Crippen LogP contribution in [-0.2, 0) is 10.8 Å². The maximum absolute atomic E-state index is 10.7. The number of ether oxygens (including phenoxy) is 1. The first kappa shape index (κ1) is 46.5. The Hall–Kier alpha value is -9.01. The second-order valence-corrected chi connectivity index (χ2v) is 23.8. The van der Waals surface area contributed by atoms with E-state index >= 15 is 0 Å². The highest BCUT2D eigenvalue weighted by molar-refractivity contribution is 8.00. The number of benzene rings is 10. The molecule has 10 aromatic carbocycles. The fraction of sp³-hybridized carbons (Fsp3) is 0.114. The largest absolute Gasteiger partial charge is 0.458 e. The van der Waals surface area contributed by atoms with E-state index in [1.165, 1.54) is 38.1 Å². The van der Waals surface area contributed by atoms with E-state index in [0.29, 0.717) is 11.1 Å². The lowest BCUT2D eigenvalue weighted by Gasteiger charge is -2.34. The fourth-order valence-electron chi connectivity index (χ4n) is 12.1. The molecule has 0 unspecified atom stereocenters. The number of aromatic nitrogens is 2. The van der Waals surface area contributed by atoms with Crippen LogP contribution in [0, 0.1) is 22.7 Å². The first-order valence-corrected chi connectivity index (χ1v) is 27.2. The highest BCUT2D eigenvalue weighted by atomic mass is 32.2. The third-order valence-electron chi connectivity index (χ3n) is 16.0. The zero-order valence-electron chi connectivity index (χ0n) is 43.7. The molecular formula is C70H51BN4OS. The minimum Gasteiger partial charge on any atom is -0.458 e. The predicted molar refractivity (Wildman–Crippen MR) is 320 cm³/mol. The summed E-state index contributed by atoms with van der Waals surface area (Å²) in [6.07, 6.45) is 0. The maximum Gasteiger partial charge on any atom is 0.253 e. The Bertz CT molecular complexity index is 4450. The van der Waals surface area contributed by atoms with Gasteiger partial charge in [-0.2, -0.15) is 10.5 Å². The molecule has 0 amide bonds. The van der Waals surface area contributed by atoms with Crippen molar-refractivity contribution in [3.63, 3.8) is 0 Å². The zero-order valence-corrected chi connectivity index (χ0v) is 44.6.